The van der Waals surface area contributed by atoms with Crippen molar-refractivity contribution in [2.45, 2.75) is 33.2 Å². The molecule has 14 heavy (non-hydrogen) atoms. The van der Waals surface area contributed by atoms with Crippen LogP contribution in [0.25, 0.3) is 0 Å². The van der Waals surface area contributed by atoms with Crippen molar-refractivity contribution in [3.8, 4) is 0 Å². The smallest absolute Gasteiger partial charge is 0.179 e. The number of Topliss-reactive ketones (excluding diaryl/α,β-unsaturated/α-hetero) is 1. The highest BCUT2D eigenvalue weighted by molar-refractivity contribution is 5.99. The van der Waals surface area contributed by atoms with Gasteiger partial charge in [0.25, 0.3) is 0 Å². The van der Waals surface area contributed by atoms with E-state index in [1.165, 1.54) is 11.1 Å². The lowest BCUT2D eigenvalue weighted by Gasteiger charge is -2.08. The third-order valence-corrected chi connectivity index (χ3v) is 2.43. The minimum absolute atomic E-state index is 0.0136. The quantitative estimate of drug-likeness (QED) is 0.743. The second kappa shape index (κ2) is 4.38. The standard InChI is InChI=1S/C12H17NO/c1-4-10-7-11(6-5-8(10)2)12(14)9(3)13/h5-7,9H,4,13H2,1-3H3. The summed E-state index contributed by atoms with van der Waals surface area (Å²) in [7, 11) is 0. The van der Waals surface area contributed by atoms with Gasteiger partial charge in [0, 0.05) is 5.56 Å². The molecule has 0 radical (unpaired) electrons. The zero-order chi connectivity index (χ0) is 10.7. The molecule has 0 bridgehead atoms. The fourth-order valence-corrected chi connectivity index (χ4v) is 1.47. The van der Waals surface area contributed by atoms with Crippen LogP contribution in [0.3, 0.4) is 0 Å². The van der Waals surface area contributed by atoms with Gasteiger partial charge in [0.1, 0.15) is 0 Å². The maximum atomic E-state index is 11.6. The topological polar surface area (TPSA) is 43.1 Å². The van der Waals surface area contributed by atoms with Crippen molar-refractivity contribution in [2.24, 2.45) is 5.73 Å². The van der Waals surface area contributed by atoms with E-state index in [1.54, 1.807) is 6.92 Å². The molecule has 1 aromatic rings. The molecule has 76 valence electrons. The molecule has 0 saturated heterocycles. The lowest BCUT2D eigenvalue weighted by atomic mass is 9.99. The number of carbonyl (C=O) groups excluding carboxylic acids is 1. The summed E-state index contributed by atoms with van der Waals surface area (Å²) in [5.41, 5.74) is 8.72. The van der Waals surface area contributed by atoms with Gasteiger partial charge in [0.2, 0.25) is 0 Å². The molecular weight excluding hydrogens is 174 g/mol. The average Bonchev–Trinajstić information content (AvgIpc) is 2.17. The molecule has 0 aliphatic rings. The van der Waals surface area contributed by atoms with Crippen LogP contribution in [-0.4, -0.2) is 11.8 Å². The zero-order valence-corrected chi connectivity index (χ0v) is 9.00. The Morgan fingerprint density at radius 3 is 2.64 bits per heavy atom. The van der Waals surface area contributed by atoms with Crippen LogP contribution in [0.1, 0.15) is 35.3 Å². The minimum atomic E-state index is -0.414. The number of benzene rings is 1. The number of aryl methyl sites for hydroxylation is 2. The molecule has 0 aliphatic heterocycles. The fraction of sp³-hybridized carbons (Fsp3) is 0.417. The van der Waals surface area contributed by atoms with Crippen molar-refractivity contribution < 1.29 is 4.79 Å². The summed E-state index contributed by atoms with van der Waals surface area (Å²) >= 11 is 0. The molecular formula is C12H17NO. The molecule has 0 heterocycles. The first-order valence-corrected chi connectivity index (χ1v) is 4.95. The summed E-state index contributed by atoms with van der Waals surface area (Å²) in [5, 5.41) is 0. The van der Waals surface area contributed by atoms with Gasteiger partial charge in [-0.25, -0.2) is 0 Å². The van der Waals surface area contributed by atoms with E-state index in [2.05, 4.69) is 13.8 Å². The Bertz CT molecular complexity index is 342. The van der Waals surface area contributed by atoms with Crippen LogP contribution in [0.2, 0.25) is 0 Å². The summed E-state index contributed by atoms with van der Waals surface area (Å²) in [5.74, 6) is 0.0136. The van der Waals surface area contributed by atoms with E-state index >= 15 is 0 Å². The fourth-order valence-electron chi connectivity index (χ4n) is 1.47. The number of hydrogen-bond donors (Lipinski definition) is 1. The van der Waals surface area contributed by atoms with E-state index in [9.17, 15) is 4.79 Å². The first-order chi connectivity index (χ1) is 6.56. The Kier molecular flexibility index (Phi) is 3.42. The highest BCUT2D eigenvalue weighted by atomic mass is 16.1. The van der Waals surface area contributed by atoms with Crippen molar-refractivity contribution in [1.82, 2.24) is 0 Å². The highest BCUT2D eigenvalue weighted by Gasteiger charge is 2.11. The van der Waals surface area contributed by atoms with Gasteiger partial charge in [0.05, 0.1) is 6.04 Å². The van der Waals surface area contributed by atoms with Crippen LogP contribution in [-0.2, 0) is 6.42 Å². The summed E-state index contributed by atoms with van der Waals surface area (Å²) in [4.78, 5) is 11.6. The molecule has 2 heteroatoms. The van der Waals surface area contributed by atoms with Gasteiger partial charge >= 0.3 is 0 Å². The third-order valence-electron chi connectivity index (χ3n) is 2.43. The molecule has 1 unspecified atom stereocenters. The number of hydrogen-bond acceptors (Lipinski definition) is 2. The summed E-state index contributed by atoms with van der Waals surface area (Å²) in [6.45, 7) is 5.86. The maximum absolute atomic E-state index is 11.6. The van der Waals surface area contributed by atoms with Crippen LogP contribution < -0.4 is 5.73 Å². The first kappa shape index (κ1) is 10.9. The van der Waals surface area contributed by atoms with E-state index in [0.717, 1.165) is 12.0 Å². The monoisotopic (exact) mass is 191 g/mol. The summed E-state index contributed by atoms with van der Waals surface area (Å²) in [6.07, 6.45) is 0.950. The van der Waals surface area contributed by atoms with Crippen molar-refractivity contribution in [2.75, 3.05) is 0 Å². The van der Waals surface area contributed by atoms with Gasteiger partial charge in [-0.3, -0.25) is 4.79 Å². The molecule has 0 spiro atoms. The number of carbonyl (C=O) groups is 1. The minimum Gasteiger partial charge on any atom is -0.321 e. The molecule has 0 amide bonds. The molecule has 0 aromatic heterocycles. The van der Waals surface area contributed by atoms with E-state index in [-0.39, 0.29) is 5.78 Å². The van der Waals surface area contributed by atoms with Crippen LogP contribution >= 0.6 is 0 Å². The molecule has 1 aromatic carbocycles. The normalized spacial score (nSPS) is 12.6. The van der Waals surface area contributed by atoms with Gasteiger partial charge in [-0.05, 0) is 37.5 Å². The van der Waals surface area contributed by atoms with Gasteiger partial charge in [-0.15, -0.1) is 0 Å². The third kappa shape index (κ3) is 2.20. The van der Waals surface area contributed by atoms with Gasteiger partial charge in [-0.1, -0.05) is 19.1 Å². The Hall–Kier alpha value is -1.15. The number of ketones is 1. The molecule has 0 fully saturated rings. The Labute approximate surface area is 85.1 Å². The lowest BCUT2D eigenvalue weighted by Crippen LogP contribution is -2.26. The Balaban J connectivity index is 3.06. The molecule has 0 saturated carbocycles. The van der Waals surface area contributed by atoms with E-state index < -0.39 is 6.04 Å². The van der Waals surface area contributed by atoms with Crippen molar-refractivity contribution in [3.05, 3.63) is 34.9 Å². The van der Waals surface area contributed by atoms with Crippen molar-refractivity contribution in [3.63, 3.8) is 0 Å². The van der Waals surface area contributed by atoms with Crippen LogP contribution in [0.4, 0.5) is 0 Å². The SMILES string of the molecule is CCc1cc(C(=O)C(C)N)ccc1C. The van der Waals surface area contributed by atoms with Crippen molar-refractivity contribution >= 4 is 5.78 Å². The average molecular weight is 191 g/mol. The van der Waals surface area contributed by atoms with E-state index in [1.807, 2.05) is 18.2 Å². The summed E-state index contributed by atoms with van der Waals surface area (Å²) in [6, 6.07) is 5.36. The van der Waals surface area contributed by atoms with Gasteiger partial charge < -0.3 is 5.73 Å². The molecule has 1 rings (SSSR count). The summed E-state index contributed by atoms with van der Waals surface area (Å²) < 4.78 is 0. The molecule has 0 aliphatic carbocycles. The van der Waals surface area contributed by atoms with E-state index in [4.69, 9.17) is 5.73 Å². The second-order valence-electron chi connectivity index (χ2n) is 3.65. The zero-order valence-electron chi connectivity index (χ0n) is 9.00. The van der Waals surface area contributed by atoms with Gasteiger partial charge in [0.15, 0.2) is 5.78 Å². The predicted octanol–water partition coefficient (Wildman–Crippen LogP) is 2.09. The Morgan fingerprint density at radius 2 is 2.14 bits per heavy atom. The second-order valence-corrected chi connectivity index (χ2v) is 3.65. The molecule has 2 N–H and O–H groups in total. The largest absolute Gasteiger partial charge is 0.321 e. The van der Waals surface area contributed by atoms with Crippen LogP contribution in [0.15, 0.2) is 18.2 Å². The molecule has 2 nitrogen and oxygen atoms in total. The number of rotatable bonds is 3. The number of nitrogens with two attached hydrogens (primary N) is 1. The Morgan fingerprint density at radius 1 is 1.50 bits per heavy atom. The first-order valence-electron chi connectivity index (χ1n) is 4.95. The van der Waals surface area contributed by atoms with Crippen LogP contribution in [0, 0.1) is 6.92 Å². The predicted molar refractivity (Wildman–Crippen MR) is 58.5 cm³/mol. The van der Waals surface area contributed by atoms with Crippen LogP contribution in [0.5, 0.6) is 0 Å². The molecule has 1 atom stereocenters. The van der Waals surface area contributed by atoms with Crippen molar-refractivity contribution in [1.29, 1.82) is 0 Å². The lowest BCUT2D eigenvalue weighted by molar-refractivity contribution is 0.0968. The van der Waals surface area contributed by atoms with E-state index in [0.29, 0.717) is 0 Å². The highest BCUT2D eigenvalue weighted by Crippen LogP contribution is 2.13. The van der Waals surface area contributed by atoms with Gasteiger partial charge in [-0.2, -0.15) is 0 Å². The maximum Gasteiger partial charge on any atom is 0.179 e.